The lowest BCUT2D eigenvalue weighted by molar-refractivity contribution is 0.238. The molecule has 0 radical (unpaired) electrons. The van der Waals surface area contributed by atoms with E-state index in [2.05, 4.69) is 39.4 Å². The van der Waals surface area contributed by atoms with Crippen molar-refractivity contribution in [1.29, 1.82) is 0 Å². The molecule has 0 spiro atoms. The van der Waals surface area contributed by atoms with E-state index in [4.69, 9.17) is 4.74 Å². The first-order chi connectivity index (χ1) is 10.4. The average molecular weight is 289 g/mol. The molecule has 0 amide bonds. The molecule has 2 aliphatic heterocycles. The lowest BCUT2D eigenvalue weighted by Crippen LogP contribution is -2.27. The maximum Gasteiger partial charge on any atom is 0.119 e. The summed E-state index contributed by atoms with van der Waals surface area (Å²) in [5.74, 6) is 0.992. The summed E-state index contributed by atoms with van der Waals surface area (Å²) in [5.41, 5.74) is 1.31. The molecule has 0 saturated carbocycles. The molecule has 0 atom stereocenters. The monoisotopic (exact) mass is 289 g/mol. The summed E-state index contributed by atoms with van der Waals surface area (Å²) in [6.07, 6.45) is 3.91. The van der Waals surface area contributed by atoms with Gasteiger partial charge in [0.2, 0.25) is 0 Å². The topological polar surface area (TPSA) is 27.7 Å². The standard InChI is InChI=1S/C17H27N3O/c1-2-11-19(10-1)14-15-21-17-6-4-16(5-7-17)20-12-3-8-18-9-13-20/h4-7,18H,1-3,8-15H2. The van der Waals surface area contributed by atoms with Crippen molar-refractivity contribution in [3.05, 3.63) is 24.3 Å². The van der Waals surface area contributed by atoms with Crippen molar-refractivity contribution in [2.45, 2.75) is 19.3 Å². The highest BCUT2D eigenvalue weighted by Crippen LogP contribution is 2.20. The SMILES string of the molecule is c1cc(N2CCCNCC2)ccc1OCCN1CCCC1. The van der Waals surface area contributed by atoms with Crippen LogP contribution in [0.1, 0.15) is 19.3 Å². The minimum absolute atomic E-state index is 0.799. The first kappa shape index (κ1) is 14.7. The summed E-state index contributed by atoms with van der Waals surface area (Å²) in [6, 6.07) is 8.60. The Hall–Kier alpha value is -1.26. The van der Waals surface area contributed by atoms with Crippen molar-refractivity contribution < 1.29 is 4.74 Å². The molecule has 3 rings (SSSR count). The summed E-state index contributed by atoms with van der Waals surface area (Å²) in [4.78, 5) is 4.94. The average Bonchev–Trinajstić information content (AvgIpc) is 2.88. The van der Waals surface area contributed by atoms with Gasteiger partial charge in [-0.1, -0.05) is 0 Å². The van der Waals surface area contributed by atoms with Crippen LogP contribution in [0.2, 0.25) is 0 Å². The molecule has 1 aromatic rings. The zero-order valence-corrected chi connectivity index (χ0v) is 12.9. The van der Waals surface area contributed by atoms with Gasteiger partial charge in [-0.25, -0.2) is 0 Å². The smallest absolute Gasteiger partial charge is 0.119 e. The molecule has 2 heterocycles. The number of anilines is 1. The highest BCUT2D eigenvalue weighted by Gasteiger charge is 2.11. The predicted molar refractivity (Wildman–Crippen MR) is 87.3 cm³/mol. The number of likely N-dealkylation sites (tertiary alicyclic amines) is 1. The fourth-order valence-corrected chi connectivity index (χ4v) is 3.16. The Morgan fingerprint density at radius 2 is 1.71 bits per heavy atom. The van der Waals surface area contributed by atoms with Gasteiger partial charge in [-0.3, -0.25) is 4.90 Å². The highest BCUT2D eigenvalue weighted by atomic mass is 16.5. The summed E-state index contributed by atoms with van der Waals surface area (Å²) >= 11 is 0. The molecule has 116 valence electrons. The van der Waals surface area contributed by atoms with Crippen molar-refractivity contribution in [1.82, 2.24) is 10.2 Å². The maximum absolute atomic E-state index is 5.86. The molecule has 2 aliphatic rings. The second-order valence-electron chi connectivity index (χ2n) is 5.98. The molecule has 21 heavy (non-hydrogen) atoms. The normalized spacial score (nSPS) is 20.5. The Kier molecular flexibility index (Phi) is 5.35. The van der Waals surface area contributed by atoms with Crippen LogP contribution in [0.3, 0.4) is 0 Å². The lowest BCUT2D eigenvalue weighted by atomic mass is 10.2. The van der Waals surface area contributed by atoms with Crippen molar-refractivity contribution in [3.8, 4) is 5.75 Å². The second-order valence-corrected chi connectivity index (χ2v) is 5.98. The molecule has 4 heteroatoms. The van der Waals surface area contributed by atoms with Crippen LogP contribution in [0, 0.1) is 0 Å². The van der Waals surface area contributed by atoms with Crippen LogP contribution in [0.4, 0.5) is 5.69 Å². The Morgan fingerprint density at radius 3 is 2.52 bits per heavy atom. The number of ether oxygens (including phenoxy) is 1. The van der Waals surface area contributed by atoms with Gasteiger partial charge in [0.25, 0.3) is 0 Å². The zero-order chi connectivity index (χ0) is 14.3. The van der Waals surface area contributed by atoms with Gasteiger partial charge in [-0.2, -0.15) is 0 Å². The van der Waals surface area contributed by atoms with Gasteiger partial charge in [-0.05, 0) is 63.2 Å². The van der Waals surface area contributed by atoms with E-state index in [9.17, 15) is 0 Å². The third-order valence-electron chi connectivity index (χ3n) is 4.42. The van der Waals surface area contributed by atoms with Crippen LogP contribution >= 0.6 is 0 Å². The van der Waals surface area contributed by atoms with E-state index < -0.39 is 0 Å². The molecule has 4 nitrogen and oxygen atoms in total. The molecule has 1 aromatic carbocycles. The van der Waals surface area contributed by atoms with Gasteiger partial charge < -0.3 is 15.0 Å². The number of nitrogens with zero attached hydrogens (tertiary/aromatic N) is 2. The van der Waals surface area contributed by atoms with E-state index in [1.54, 1.807) is 0 Å². The second kappa shape index (κ2) is 7.66. The van der Waals surface area contributed by atoms with E-state index in [1.165, 1.54) is 38.0 Å². The van der Waals surface area contributed by atoms with Gasteiger partial charge in [0.05, 0.1) is 0 Å². The van der Waals surface area contributed by atoms with Gasteiger partial charge in [0.1, 0.15) is 12.4 Å². The van der Waals surface area contributed by atoms with Crippen LogP contribution in [-0.4, -0.2) is 57.3 Å². The van der Waals surface area contributed by atoms with Crippen molar-refractivity contribution in [2.75, 3.05) is 57.3 Å². The summed E-state index contributed by atoms with van der Waals surface area (Å²) in [7, 11) is 0. The van der Waals surface area contributed by atoms with E-state index in [1.807, 2.05) is 0 Å². The fraction of sp³-hybridized carbons (Fsp3) is 0.647. The van der Waals surface area contributed by atoms with Gasteiger partial charge in [-0.15, -0.1) is 0 Å². The molecule has 2 fully saturated rings. The largest absolute Gasteiger partial charge is 0.492 e. The molecular formula is C17H27N3O. The van der Waals surface area contributed by atoms with Crippen LogP contribution in [0.15, 0.2) is 24.3 Å². The Bertz CT molecular complexity index is 407. The molecule has 0 unspecified atom stereocenters. The van der Waals surface area contributed by atoms with E-state index in [0.717, 1.165) is 45.1 Å². The first-order valence-corrected chi connectivity index (χ1v) is 8.33. The minimum Gasteiger partial charge on any atom is -0.492 e. The number of rotatable bonds is 5. The van der Waals surface area contributed by atoms with Crippen molar-refractivity contribution >= 4 is 5.69 Å². The summed E-state index contributed by atoms with van der Waals surface area (Å²) < 4.78 is 5.86. The Balaban J connectivity index is 1.46. The Morgan fingerprint density at radius 1 is 0.905 bits per heavy atom. The van der Waals surface area contributed by atoms with Crippen molar-refractivity contribution in [3.63, 3.8) is 0 Å². The van der Waals surface area contributed by atoms with E-state index in [-0.39, 0.29) is 0 Å². The molecular weight excluding hydrogens is 262 g/mol. The minimum atomic E-state index is 0.799. The number of hydrogen-bond acceptors (Lipinski definition) is 4. The molecule has 1 N–H and O–H groups in total. The van der Waals surface area contributed by atoms with Crippen LogP contribution < -0.4 is 15.0 Å². The molecule has 0 bridgehead atoms. The van der Waals surface area contributed by atoms with Gasteiger partial charge in [0, 0.05) is 31.9 Å². The van der Waals surface area contributed by atoms with Crippen LogP contribution in [0.25, 0.3) is 0 Å². The fourth-order valence-electron chi connectivity index (χ4n) is 3.16. The summed E-state index contributed by atoms with van der Waals surface area (Å²) in [5, 5.41) is 3.44. The van der Waals surface area contributed by atoms with Gasteiger partial charge in [0.15, 0.2) is 0 Å². The maximum atomic E-state index is 5.86. The van der Waals surface area contributed by atoms with Crippen LogP contribution in [0.5, 0.6) is 5.75 Å². The molecule has 0 aromatic heterocycles. The van der Waals surface area contributed by atoms with E-state index in [0.29, 0.717) is 0 Å². The van der Waals surface area contributed by atoms with Crippen molar-refractivity contribution in [2.24, 2.45) is 0 Å². The van der Waals surface area contributed by atoms with Crippen LogP contribution in [-0.2, 0) is 0 Å². The number of benzene rings is 1. The first-order valence-electron chi connectivity index (χ1n) is 8.33. The predicted octanol–water partition coefficient (Wildman–Crippen LogP) is 1.96. The molecule has 2 saturated heterocycles. The van der Waals surface area contributed by atoms with E-state index >= 15 is 0 Å². The van der Waals surface area contributed by atoms with Gasteiger partial charge >= 0.3 is 0 Å². The Labute approximate surface area is 128 Å². The lowest BCUT2D eigenvalue weighted by Gasteiger charge is -2.22. The quantitative estimate of drug-likeness (QED) is 0.897. The summed E-state index contributed by atoms with van der Waals surface area (Å²) in [6.45, 7) is 8.78. The molecule has 0 aliphatic carbocycles. The zero-order valence-electron chi connectivity index (χ0n) is 12.9. The number of nitrogens with one attached hydrogen (secondary N) is 1. The third-order valence-corrected chi connectivity index (χ3v) is 4.42. The number of hydrogen-bond donors (Lipinski definition) is 1. The third kappa shape index (κ3) is 4.35. The highest BCUT2D eigenvalue weighted by molar-refractivity contribution is 5.49.